The van der Waals surface area contributed by atoms with Crippen LogP contribution >= 0.6 is 0 Å². The largest absolute Gasteiger partial charge is 0.489 e. The maximum absolute atomic E-state index is 12.6. The summed E-state index contributed by atoms with van der Waals surface area (Å²) in [4.78, 5) is 12.6. The number of methoxy groups -OCH3 is 1. The van der Waals surface area contributed by atoms with Crippen LogP contribution in [-0.2, 0) is 16.1 Å². The monoisotopic (exact) mass is 438 g/mol. The zero-order valence-electron chi connectivity index (χ0n) is 19.6. The maximum Gasteiger partial charge on any atom is 0.312 e. The minimum atomic E-state index is -1.15. The number of benzene rings is 2. The Morgan fingerprint density at radius 1 is 1.12 bits per heavy atom. The van der Waals surface area contributed by atoms with Crippen molar-refractivity contribution < 1.29 is 24.1 Å². The quantitative estimate of drug-likeness (QED) is 0.363. The van der Waals surface area contributed by atoms with Gasteiger partial charge in [0.05, 0.1) is 19.1 Å². The Kier molecular flexibility index (Phi) is 9.09. The van der Waals surface area contributed by atoms with E-state index in [0.717, 1.165) is 11.1 Å². The number of ether oxygens (including phenoxy) is 3. The van der Waals surface area contributed by atoms with E-state index in [-0.39, 0.29) is 0 Å². The second-order valence-corrected chi connectivity index (χ2v) is 8.54. The zero-order valence-corrected chi connectivity index (χ0v) is 19.6. The molecule has 2 aromatic rings. The van der Waals surface area contributed by atoms with Crippen molar-refractivity contribution in [2.24, 2.45) is 11.3 Å². The molecule has 172 valence electrons. The fourth-order valence-corrected chi connectivity index (χ4v) is 3.29. The summed E-state index contributed by atoms with van der Waals surface area (Å²) in [5, 5.41) is 11.3. The number of carbonyl (C=O) groups is 1. The highest BCUT2D eigenvalue weighted by molar-refractivity contribution is 5.75. The van der Waals surface area contributed by atoms with E-state index in [1.807, 2.05) is 64.1 Å². The third-order valence-corrected chi connectivity index (χ3v) is 5.38. The first kappa shape index (κ1) is 25.2. The second-order valence-electron chi connectivity index (χ2n) is 8.54. The Hall–Kier alpha value is -3.05. The normalized spacial score (nSPS) is 12.9. The van der Waals surface area contributed by atoms with Gasteiger partial charge in [-0.25, -0.2) is 0 Å². The van der Waals surface area contributed by atoms with Gasteiger partial charge in [0.2, 0.25) is 0 Å². The van der Waals surface area contributed by atoms with Crippen LogP contribution in [-0.4, -0.2) is 24.8 Å². The van der Waals surface area contributed by atoms with Gasteiger partial charge in [-0.15, -0.1) is 6.58 Å². The molecule has 1 N–H and O–H groups in total. The van der Waals surface area contributed by atoms with Gasteiger partial charge in [-0.1, -0.05) is 55.8 Å². The second kappa shape index (κ2) is 11.5. The van der Waals surface area contributed by atoms with Crippen molar-refractivity contribution in [3.63, 3.8) is 0 Å². The molecule has 0 aliphatic carbocycles. The summed E-state index contributed by atoms with van der Waals surface area (Å²) in [6.45, 7) is 12.2. The Morgan fingerprint density at radius 3 is 2.41 bits per heavy atom. The number of hydrogen-bond acceptors (Lipinski definition) is 5. The molecule has 0 fully saturated rings. The molecule has 0 spiro atoms. The Labute approximate surface area is 191 Å². The van der Waals surface area contributed by atoms with E-state index in [1.54, 1.807) is 24.3 Å². The van der Waals surface area contributed by atoms with Crippen LogP contribution in [0.3, 0.4) is 0 Å². The maximum atomic E-state index is 12.6. The molecule has 2 rings (SSSR count). The van der Waals surface area contributed by atoms with Gasteiger partial charge in [-0.3, -0.25) is 4.79 Å². The van der Waals surface area contributed by atoms with Crippen LogP contribution in [0.4, 0.5) is 0 Å². The molecular formula is C27H34O5. The van der Waals surface area contributed by atoms with Crippen LogP contribution in [0.25, 0.3) is 0 Å². The SMILES string of the molecule is C=CC(C)(C)[C@@H](C(=O)OC)[C@@H](O)c1ccc(OCc2ccccc2)cc1OCC=C(C)C. The van der Waals surface area contributed by atoms with Gasteiger partial charge in [0.1, 0.15) is 24.7 Å². The summed E-state index contributed by atoms with van der Waals surface area (Å²) in [7, 11) is 1.31. The van der Waals surface area contributed by atoms with E-state index in [4.69, 9.17) is 14.2 Å². The fourth-order valence-electron chi connectivity index (χ4n) is 3.29. The lowest BCUT2D eigenvalue weighted by Gasteiger charge is -2.33. The number of aliphatic hydroxyl groups excluding tert-OH is 1. The van der Waals surface area contributed by atoms with Crippen LogP contribution < -0.4 is 9.47 Å². The number of hydrogen-bond donors (Lipinski definition) is 1. The molecule has 0 bridgehead atoms. The lowest BCUT2D eigenvalue weighted by atomic mass is 9.74. The third kappa shape index (κ3) is 6.72. The lowest BCUT2D eigenvalue weighted by Crippen LogP contribution is -2.35. The van der Waals surface area contributed by atoms with Gasteiger partial charge in [0, 0.05) is 11.6 Å². The van der Waals surface area contributed by atoms with Gasteiger partial charge < -0.3 is 19.3 Å². The van der Waals surface area contributed by atoms with E-state index < -0.39 is 23.4 Å². The molecule has 2 aromatic carbocycles. The fraction of sp³-hybridized carbons (Fsp3) is 0.370. The molecule has 0 aliphatic rings. The van der Waals surface area contributed by atoms with Crippen molar-refractivity contribution in [1.82, 2.24) is 0 Å². The first-order valence-electron chi connectivity index (χ1n) is 10.7. The molecule has 0 heterocycles. The molecular weight excluding hydrogens is 404 g/mol. The average molecular weight is 439 g/mol. The summed E-state index contributed by atoms with van der Waals surface area (Å²) < 4.78 is 16.9. The van der Waals surface area contributed by atoms with Crippen LogP contribution in [0.5, 0.6) is 11.5 Å². The van der Waals surface area contributed by atoms with Crippen molar-refractivity contribution in [3.05, 3.63) is 84.0 Å². The number of aliphatic hydroxyl groups is 1. The topological polar surface area (TPSA) is 65.0 Å². The van der Waals surface area contributed by atoms with E-state index in [2.05, 4.69) is 6.58 Å². The Balaban J connectivity index is 2.38. The molecule has 0 aliphatic heterocycles. The molecule has 0 radical (unpaired) electrons. The smallest absolute Gasteiger partial charge is 0.312 e. The predicted octanol–water partition coefficient (Wildman–Crippen LogP) is 5.65. The first-order valence-corrected chi connectivity index (χ1v) is 10.7. The molecule has 0 unspecified atom stereocenters. The number of carbonyl (C=O) groups excluding carboxylic acids is 1. The summed E-state index contributed by atoms with van der Waals surface area (Å²) in [5.74, 6) is -0.308. The van der Waals surface area contributed by atoms with Crippen LogP contribution in [0.1, 0.15) is 44.9 Å². The molecule has 0 saturated heterocycles. The predicted molar refractivity (Wildman–Crippen MR) is 127 cm³/mol. The highest BCUT2D eigenvalue weighted by Gasteiger charge is 2.41. The van der Waals surface area contributed by atoms with E-state index in [0.29, 0.717) is 30.3 Å². The first-order chi connectivity index (χ1) is 15.2. The lowest BCUT2D eigenvalue weighted by molar-refractivity contribution is -0.154. The highest BCUT2D eigenvalue weighted by Crippen LogP contribution is 2.42. The van der Waals surface area contributed by atoms with Gasteiger partial charge in [-0.05, 0) is 43.0 Å². The van der Waals surface area contributed by atoms with E-state index >= 15 is 0 Å². The van der Waals surface area contributed by atoms with Gasteiger partial charge in [-0.2, -0.15) is 0 Å². The molecule has 0 aromatic heterocycles. The minimum Gasteiger partial charge on any atom is -0.489 e. The van der Waals surface area contributed by atoms with Gasteiger partial charge >= 0.3 is 5.97 Å². The van der Waals surface area contributed by atoms with Crippen molar-refractivity contribution in [2.45, 2.75) is 40.4 Å². The van der Waals surface area contributed by atoms with Crippen LogP contribution in [0, 0.1) is 11.3 Å². The molecule has 5 nitrogen and oxygen atoms in total. The van der Waals surface area contributed by atoms with Crippen LogP contribution in [0.2, 0.25) is 0 Å². The third-order valence-electron chi connectivity index (χ3n) is 5.38. The Bertz CT molecular complexity index is 926. The molecule has 32 heavy (non-hydrogen) atoms. The van der Waals surface area contributed by atoms with Crippen molar-refractivity contribution in [3.8, 4) is 11.5 Å². The van der Waals surface area contributed by atoms with Gasteiger partial charge in [0.15, 0.2) is 0 Å². The number of esters is 1. The molecule has 0 saturated carbocycles. The zero-order chi connectivity index (χ0) is 23.7. The summed E-state index contributed by atoms with van der Waals surface area (Å²) in [6, 6.07) is 15.1. The van der Waals surface area contributed by atoms with Crippen LogP contribution in [0.15, 0.2) is 72.8 Å². The minimum absolute atomic E-state index is 0.331. The van der Waals surface area contributed by atoms with Crippen molar-refractivity contribution in [1.29, 1.82) is 0 Å². The summed E-state index contributed by atoms with van der Waals surface area (Å²) in [5.41, 5.74) is 1.95. The summed E-state index contributed by atoms with van der Waals surface area (Å²) in [6.07, 6.45) is 2.44. The van der Waals surface area contributed by atoms with Gasteiger partial charge in [0.25, 0.3) is 0 Å². The number of rotatable bonds is 11. The van der Waals surface area contributed by atoms with Crippen molar-refractivity contribution in [2.75, 3.05) is 13.7 Å². The van der Waals surface area contributed by atoms with E-state index in [1.165, 1.54) is 7.11 Å². The standard InChI is InChI=1S/C27H34O5/c1-7-27(4,5)24(26(29)30-6)25(28)22-14-13-21(17-23(22)31-16-15-19(2)3)32-18-20-11-9-8-10-12-20/h7-15,17,24-25,28H,1,16,18H2,2-6H3/t24-,25+/m1/s1. The highest BCUT2D eigenvalue weighted by atomic mass is 16.5. The Morgan fingerprint density at radius 2 is 1.81 bits per heavy atom. The summed E-state index contributed by atoms with van der Waals surface area (Å²) >= 11 is 0. The van der Waals surface area contributed by atoms with E-state index in [9.17, 15) is 9.90 Å². The molecule has 5 heteroatoms. The van der Waals surface area contributed by atoms with Crippen molar-refractivity contribution >= 4 is 5.97 Å². The molecule has 0 amide bonds. The molecule has 2 atom stereocenters. The number of allylic oxidation sites excluding steroid dienone is 2. The average Bonchev–Trinajstić information content (AvgIpc) is 2.78.